The van der Waals surface area contributed by atoms with E-state index in [1.165, 1.54) is 0 Å². The van der Waals surface area contributed by atoms with Crippen LogP contribution in [0, 0.1) is 17.2 Å². The Morgan fingerprint density at radius 1 is 1.29 bits per heavy atom. The number of nitriles is 1. The van der Waals surface area contributed by atoms with Gasteiger partial charge in [0, 0.05) is 5.56 Å². The maximum Gasteiger partial charge on any atom is 0.252 e. The van der Waals surface area contributed by atoms with Crippen LogP contribution in [-0.4, -0.2) is 11.9 Å². The number of hydrogen-bond acceptors (Lipinski definition) is 2. The lowest BCUT2D eigenvalue weighted by molar-refractivity contribution is 0.0932. The highest BCUT2D eigenvalue weighted by Gasteiger charge is 2.35. The second-order valence-electron chi connectivity index (χ2n) is 4.47. The minimum absolute atomic E-state index is 0.0649. The van der Waals surface area contributed by atoms with Gasteiger partial charge in [0.05, 0.1) is 18.0 Å². The molecule has 3 nitrogen and oxygen atoms in total. The van der Waals surface area contributed by atoms with Crippen molar-refractivity contribution in [2.45, 2.75) is 18.9 Å². The average molecular weight is 224 g/mol. The number of nitrogens with zero attached hydrogens (tertiary/aromatic N) is 1. The Hall–Kier alpha value is -2.08. The molecule has 2 aliphatic rings. The topological polar surface area (TPSA) is 52.9 Å². The zero-order valence-corrected chi connectivity index (χ0v) is 9.31. The summed E-state index contributed by atoms with van der Waals surface area (Å²) in [7, 11) is 0. The third-order valence-corrected chi connectivity index (χ3v) is 3.51. The molecule has 1 aliphatic carbocycles. The molecule has 0 radical (unpaired) electrons. The van der Waals surface area contributed by atoms with Gasteiger partial charge >= 0.3 is 0 Å². The van der Waals surface area contributed by atoms with Crippen LogP contribution in [0.15, 0.2) is 30.3 Å². The van der Waals surface area contributed by atoms with Crippen molar-refractivity contribution in [3.63, 3.8) is 0 Å². The summed E-state index contributed by atoms with van der Waals surface area (Å²) in [6.45, 7) is 0. The molecule has 3 rings (SSSR count). The van der Waals surface area contributed by atoms with E-state index in [4.69, 9.17) is 5.26 Å². The van der Waals surface area contributed by atoms with Crippen LogP contribution in [0.25, 0.3) is 5.57 Å². The predicted molar refractivity (Wildman–Crippen MR) is 64.0 cm³/mol. The van der Waals surface area contributed by atoms with Gasteiger partial charge in [-0.25, -0.2) is 0 Å². The summed E-state index contributed by atoms with van der Waals surface area (Å²) >= 11 is 0. The third-order valence-electron chi connectivity index (χ3n) is 3.51. The molecule has 0 unspecified atom stereocenters. The SMILES string of the molecule is N#C[C@H]1CCC=C2c3ccccc3C(=O)N[C@H]21. The van der Waals surface area contributed by atoms with Gasteiger partial charge in [-0.1, -0.05) is 24.3 Å². The maximum atomic E-state index is 12.0. The number of hydrogen-bond donors (Lipinski definition) is 1. The summed E-state index contributed by atoms with van der Waals surface area (Å²) in [5.74, 6) is -0.169. The van der Waals surface area contributed by atoms with Crippen LogP contribution in [0.3, 0.4) is 0 Å². The molecule has 0 bridgehead atoms. The van der Waals surface area contributed by atoms with E-state index in [1.54, 1.807) is 0 Å². The van der Waals surface area contributed by atoms with Crippen molar-refractivity contribution in [1.29, 1.82) is 5.26 Å². The highest BCUT2D eigenvalue weighted by molar-refractivity contribution is 6.04. The van der Waals surface area contributed by atoms with Crippen molar-refractivity contribution in [2.75, 3.05) is 0 Å². The van der Waals surface area contributed by atoms with Crippen LogP contribution >= 0.6 is 0 Å². The number of carbonyl (C=O) groups is 1. The molecule has 17 heavy (non-hydrogen) atoms. The summed E-state index contributed by atoms with van der Waals surface area (Å²) in [5.41, 5.74) is 2.81. The number of fused-ring (bicyclic) bond motifs is 3. The highest BCUT2D eigenvalue weighted by Crippen LogP contribution is 2.35. The van der Waals surface area contributed by atoms with Gasteiger partial charge in [-0.3, -0.25) is 4.79 Å². The smallest absolute Gasteiger partial charge is 0.252 e. The second-order valence-corrected chi connectivity index (χ2v) is 4.47. The molecule has 1 amide bonds. The molecule has 0 aromatic heterocycles. The quantitative estimate of drug-likeness (QED) is 0.733. The van der Waals surface area contributed by atoms with Crippen LogP contribution in [0.4, 0.5) is 0 Å². The van der Waals surface area contributed by atoms with Gasteiger partial charge in [-0.2, -0.15) is 5.26 Å². The molecule has 1 heterocycles. The zero-order valence-electron chi connectivity index (χ0n) is 9.31. The number of amides is 1. The third kappa shape index (κ3) is 1.45. The first-order valence-electron chi connectivity index (χ1n) is 5.81. The number of rotatable bonds is 0. The van der Waals surface area contributed by atoms with Gasteiger partial charge in [0.25, 0.3) is 5.91 Å². The summed E-state index contributed by atoms with van der Waals surface area (Å²) in [4.78, 5) is 12.0. The van der Waals surface area contributed by atoms with Crippen LogP contribution < -0.4 is 5.32 Å². The number of benzene rings is 1. The lowest BCUT2D eigenvalue weighted by atomic mass is 9.78. The van der Waals surface area contributed by atoms with Crippen molar-refractivity contribution < 1.29 is 4.79 Å². The number of allylic oxidation sites excluding steroid dienone is 1. The van der Waals surface area contributed by atoms with Crippen molar-refractivity contribution >= 4 is 11.5 Å². The van der Waals surface area contributed by atoms with E-state index < -0.39 is 0 Å². The molecule has 0 saturated carbocycles. The molecule has 1 N–H and O–H groups in total. The van der Waals surface area contributed by atoms with E-state index in [9.17, 15) is 4.79 Å². The lowest BCUT2D eigenvalue weighted by Crippen LogP contribution is -2.45. The Labute approximate surface area is 99.8 Å². The minimum Gasteiger partial charge on any atom is -0.344 e. The Balaban J connectivity index is 2.15. The monoisotopic (exact) mass is 224 g/mol. The first kappa shape index (κ1) is 10.1. The zero-order chi connectivity index (χ0) is 11.8. The highest BCUT2D eigenvalue weighted by atomic mass is 16.1. The summed E-state index contributed by atoms with van der Waals surface area (Å²) in [5, 5.41) is 12.1. The summed E-state index contributed by atoms with van der Waals surface area (Å²) < 4.78 is 0. The van der Waals surface area contributed by atoms with Crippen LogP contribution in [-0.2, 0) is 0 Å². The molecule has 0 saturated heterocycles. The molecule has 1 aromatic rings. The molecular weight excluding hydrogens is 212 g/mol. The summed E-state index contributed by atoms with van der Waals surface area (Å²) in [6.07, 6.45) is 3.89. The number of nitrogens with one attached hydrogen (secondary N) is 1. The first-order chi connectivity index (χ1) is 8.31. The Bertz CT molecular complexity index is 554. The van der Waals surface area contributed by atoms with Gasteiger partial charge in [0.1, 0.15) is 0 Å². The predicted octanol–water partition coefficient (Wildman–Crippen LogP) is 2.12. The van der Waals surface area contributed by atoms with E-state index in [-0.39, 0.29) is 17.9 Å². The van der Waals surface area contributed by atoms with E-state index in [0.29, 0.717) is 5.56 Å². The van der Waals surface area contributed by atoms with Crippen molar-refractivity contribution in [2.24, 2.45) is 5.92 Å². The first-order valence-corrected chi connectivity index (χ1v) is 5.81. The van der Waals surface area contributed by atoms with Gasteiger partial charge in [0.2, 0.25) is 0 Å². The van der Waals surface area contributed by atoms with E-state index in [0.717, 1.165) is 24.0 Å². The Morgan fingerprint density at radius 2 is 2.06 bits per heavy atom. The fourth-order valence-corrected chi connectivity index (χ4v) is 2.68. The maximum absolute atomic E-state index is 12.0. The van der Waals surface area contributed by atoms with Gasteiger partial charge in [0.15, 0.2) is 0 Å². The van der Waals surface area contributed by atoms with Crippen LogP contribution in [0.5, 0.6) is 0 Å². The van der Waals surface area contributed by atoms with E-state index >= 15 is 0 Å². The fraction of sp³-hybridized carbons (Fsp3) is 0.286. The van der Waals surface area contributed by atoms with E-state index in [2.05, 4.69) is 17.5 Å². The standard InChI is InChI=1S/C14H12N2O/c15-8-9-4-3-7-11-10-5-1-2-6-12(10)14(17)16-13(9)11/h1-2,5-7,9,13H,3-4H2,(H,16,17)/t9-,13+/m1/s1. The second kappa shape index (κ2) is 3.74. The van der Waals surface area contributed by atoms with Gasteiger partial charge < -0.3 is 5.32 Å². The molecular formula is C14H12N2O. The molecule has 1 aliphatic heterocycles. The Morgan fingerprint density at radius 3 is 2.82 bits per heavy atom. The van der Waals surface area contributed by atoms with E-state index in [1.807, 2.05) is 24.3 Å². The molecule has 0 spiro atoms. The van der Waals surface area contributed by atoms with Gasteiger partial charge in [-0.15, -0.1) is 0 Å². The minimum atomic E-state index is -0.129. The molecule has 2 atom stereocenters. The van der Waals surface area contributed by atoms with Crippen molar-refractivity contribution in [3.8, 4) is 6.07 Å². The normalized spacial score (nSPS) is 26.1. The fourth-order valence-electron chi connectivity index (χ4n) is 2.68. The van der Waals surface area contributed by atoms with Crippen molar-refractivity contribution in [3.05, 3.63) is 41.5 Å². The lowest BCUT2D eigenvalue weighted by Gasteiger charge is -2.34. The largest absolute Gasteiger partial charge is 0.344 e. The van der Waals surface area contributed by atoms with Crippen molar-refractivity contribution in [1.82, 2.24) is 5.32 Å². The summed E-state index contributed by atoms with van der Waals surface area (Å²) in [6, 6.07) is 9.77. The molecule has 1 aromatic carbocycles. The van der Waals surface area contributed by atoms with Gasteiger partial charge in [-0.05, 0) is 30.0 Å². The molecule has 84 valence electrons. The number of carbonyl (C=O) groups excluding carboxylic acids is 1. The molecule has 0 fully saturated rings. The average Bonchev–Trinajstić information content (AvgIpc) is 2.39. The molecule has 3 heteroatoms. The van der Waals surface area contributed by atoms with Crippen LogP contribution in [0.2, 0.25) is 0 Å². The van der Waals surface area contributed by atoms with Crippen LogP contribution in [0.1, 0.15) is 28.8 Å². The Kier molecular flexibility index (Phi) is 2.22.